The minimum absolute atomic E-state index is 0.0105. The highest BCUT2D eigenvalue weighted by atomic mass is 19.2. The summed E-state index contributed by atoms with van der Waals surface area (Å²) in [7, 11) is 0. The number of amides is 1. The quantitative estimate of drug-likeness (QED) is 0.765. The molecule has 3 aromatic rings. The van der Waals surface area contributed by atoms with Gasteiger partial charge in [0.2, 0.25) is 5.91 Å². The number of fused-ring (bicyclic) bond motifs is 2. The molecule has 2 aromatic heterocycles. The van der Waals surface area contributed by atoms with E-state index in [2.05, 4.69) is 20.4 Å². The van der Waals surface area contributed by atoms with Gasteiger partial charge < -0.3 is 5.32 Å². The van der Waals surface area contributed by atoms with Crippen LogP contribution < -0.4 is 5.32 Å². The summed E-state index contributed by atoms with van der Waals surface area (Å²) < 4.78 is 30.0. The topological polar surface area (TPSA) is 72.7 Å². The van der Waals surface area contributed by atoms with E-state index in [0.29, 0.717) is 22.8 Å². The number of rotatable bonds is 2. The third kappa shape index (κ3) is 2.14. The Hall–Kier alpha value is -2.90. The first-order valence-corrected chi connectivity index (χ1v) is 8.62. The Balaban J connectivity index is 1.68. The fourth-order valence-corrected chi connectivity index (χ4v) is 4.01. The van der Waals surface area contributed by atoms with Gasteiger partial charge in [-0.2, -0.15) is 5.10 Å². The van der Waals surface area contributed by atoms with E-state index in [1.165, 1.54) is 12.4 Å². The molecule has 1 unspecified atom stereocenters. The number of hydrogen-bond acceptors (Lipinski definition) is 4. The number of nitrogens with zero attached hydrogens (tertiary/aromatic N) is 4. The van der Waals surface area contributed by atoms with Crippen LogP contribution in [0.1, 0.15) is 48.9 Å². The summed E-state index contributed by atoms with van der Waals surface area (Å²) in [6.45, 7) is 0. The predicted octanol–water partition coefficient (Wildman–Crippen LogP) is 3.30. The van der Waals surface area contributed by atoms with E-state index in [1.54, 1.807) is 0 Å². The Morgan fingerprint density at radius 2 is 1.96 bits per heavy atom. The first-order chi connectivity index (χ1) is 12.6. The number of halogens is 2. The van der Waals surface area contributed by atoms with Gasteiger partial charge in [0.25, 0.3) is 0 Å². The zero-order valence-corrected chi connectivity index (χ0v) is 13.7. The molecule has 0 saturated heterocycles. The van der Waals surface area contributed by atoms with Gasteiger partial charge >= 0.3 is 0 Å². The zero-order valence-electron chi connectivity index (χ0n) is 13.7. The fraction of sp³-hybridized carbons (Fsp3) is 0.333. The lowest BCUT2D eigenvalue weighted by Gasteiger charge is -2.10. The van der Waals surface area contributed by atoms with Crippen molar-refractivity contribution in [3.8, 4) is 0 Å². The van der Waals surface area contributed by atoms with Crippen molar-refractivity contribution in [1.82, 2.24) is 19.7 Å². The summed E-state index contributed by atoms with van der Waals surface area (Å²) >= 11 is 0. The third-order valence-electron chi connectivity index (χ3n) is 5.28. The molecule has 1 fully saturated rings. The van der Waals surface area contributed by atoms with Gasteiger partial charge in [0.15, 0.2) is 17.3 Å². The van der Waals surface area contributed by atoms with Gasteiger partial charge in [-0.3, -0.25) is 9.48 Å². The molecule has 1 amide bonds. The Morgan fingerprint density at radius 3 is 2.77 bits per heavy atom. The largest absolute Gasteiger partial charge is 0.325 e. The summed E-state index contributed by atoms with van der Waals surface area (Å²) in [4.78, 5) is 20.9. The van der Waals surface area contributed by atoms with Crippen LogP contribution in [0.5, 0.6) is 0 Å². The van der Waals surface area contributed by atoms with Crippen LogP contribution in [-0.4, -0.2) is 25.7 Å². The summed E-state index contributed by atoms with van der Waals surface area (Å²) in [5, 5.41) is 7.71. The lowest BCUT2D eigenvalue weighted by molar-refractivity contribution is -0.116. The van der Waals surface area contributed by atoms with Crippen molar-refractivity contribution in [2.24, 2.45) is 0 Å². The summed E-state index contributed by atoms with van der Waals surface area (Å²) in [5.41, 5.74) is 1.07. The molecule has 132 valence electrons. The van der Waals surface area contributed by atoms with Gasteiger partial charge in [-0.25, -0.2) is 18.7 Å². The summed E-state index contributed by atoms with van der Waals surface area (Å²) in [6.07, 6.45) is 7.53. The molecule has 1 aromatic carbocycles. The molecule has 5 rings (SSSR count). The van der Waals surface area contributed by atoms with Crippen LogP contribution >= 0.6 is 0 Å². The first-order valence-electron chi connectivity index (χ1n) is 8.62. The first kappa shape index (κ1) is 15.4. The number of aromatic nitrogens is 4. The number of nitrogens with one attached hydrogen (secondary N) is 1. The van der Waals surface area contributed by atoms with Crippen LogP contribution in [0, 0.1) is 11.6 Å². The second-order valence-corrected chi connectivity index (χ2v) is 6.79. The normalized spacial score (nSPS) is 19.9. The number of carbonyl (C=O) groups excluding carboxylic acids is 1. The lowest BCUT2D eigenvalue weighted by Crippen LogP contribution is -2.15. The van der Waals surface area contributed by atoms with E-state index in [1.807, 2.05) is 10.9 Å². The predicted molar refractivity (Wildman–Crippen MR) is 89.7 cm³/mol. The van der Waals surface area contributed by atoms with E-state index >= 15 is 0 Å². The van der Waals surface area contributed by atoms with Crippen molar-refractivity contribution in [1.29, 1.82) is 0 Å². The maximum absolute atomic E-state index is 14.4. The number of benzene rings is 1. The van der Waals surface area contributed by atoms with Crippen LogP contribution in [-0.2, 0) is 4.79 Å². The van der Waals surface area contributed by atoms with E-state index in [0.717, 1.165) is 31.7 Å². The van der Waals surface area contributed by atoms with E-state index in [-0.39, 0.29) is 11.3 Å². The molecular weight excluding hydrogens is 340 g/mol. The van der Waals surface area contributed by atoms with Crippen LogP contribution in [0.2, 0.25) is 0 Å². The van der Waals surface area contributed by atoms with Crippen LogP contribution in [0.15, 0.2) is 24.7 Å². The average Bonchev–Trinajstić information content (AvgIpc) is 3.35. The van der Waals surface area contributed by atoms with Crippen LogP contribution in [0.25, 0.3) is 11.0 Å². The highest BCUT2D eigenvalue weighted by Gasteiger charge is 2.38. The molecule has 0 bridgehead atoms. The summed E-state index contributed by atoms with van der Waals surface area (Å²) in [6, 6.07) is 2.67. The minimum atomic E-state index is -1.03. The zero-order chi connectivity index (χ0) is 17.8. The van der Waals surface area contributed by atoms with Crippen molar-refractivity contribution in [2.45, 2.75) is 37.6 Å². The highest BCUT2D eigenvalue weighted by Crippen LogP contribution is 2.41. The average molecular weight is 355 g/mol. The maximum atomic E-state index is 14.4. The molecular formula is C18H15F2N5O. The van der Waals surface area contributed by atoms with Crippen LogP contribution in [0.4, 0.5) is 14.5 Å². The van der Waals surface area contributed by atoms with Crippen LogP contribution in [0.3, 0.4) is 0 Å². The second-order valence-electron chi connectivity index (χ2n) is 6.79. The van der Waals surface area contributed by atoms with Gasteiger partial charge in [0.05, 0.1) is 17.1 Å². The minimum Gasteiger partial charge on any atom is -0.325 e. The van der Waals surface area contributed by atoms with Gasteiger partial charge in [-0.1, -0.05) is 12.8 Å². The van der Waals surface area contributed by atoms with Crippen molar-refractivity contribution in [3.05, 3.63) is 47.5 Å². The Bertz CT molecular complexity index is 1040. The number of carbonyl (C=O) groups is 1. The van der Waals surface area contributed by atoms with Gasteiger partial charge in [-0.05, 0) is 25.0 Å². The van der Waals surface area contributed by atoms with Crippen molar-refractivity contribution < 1.29 is 13.6 Å². The Morgan fingerprint density at radius 1 is 1.15 bits per heavy atom. The lowest BCUT2D eigenvalue weighted by atomic mass is 9.94. The fourth-order valence-electron chi connectivity index (χ4n) is 4.01. The van der Waals surface area contributed by atoms with Gasteiger partial charge in [0.1, 0.15) is 12.2 Å². The number of anilines is 1. The smallest absolute Gasteiger partial charge is 0.238 e. The molecule has 2 aliphatic rings. The molecule has 3 heterocycles. The maximum Gasteiger partial charge on any atom is 0.238 e. The molecule has 1 aliphatic heterocycles. The standard InChI is InChI=1S/C18H15F2N5O/c19-11-5-6-12-13(15(11)20)14(18(26)23-12)16-10-7-25(9-3-1-2-4-9)24-17(10)22-8-21-16/h5-9,14H,1-4H2,(H,23,26). The molecule has 1 aliphatic carbocycles. The molecule has 1 N–H and O–H groups in total. The Labute approximate surface area is 147 Å². The molecule has 0 spiro atoms. The Kier molecular flexibility index (Phi) is 3.28. The molecule has 26 heavy (non-hydrogen) atoms. The van der Waals surface area contributed by atoms with Gasteiger partial charge in [0, 0.05) is 17.4 Å². The summed E-state index contributed by atoms with van der Waals surface area (Å²) in [5.74, 6) is -3.47. The molecule has 0 radical (unpaired) electrons. The van der Waals surface area contributed by atoms with Crippen molar-refractivity contribution in [3.63, 3.8) is 0 Å². The molecule has 8 heteroatoms. The SMILES string of the molecule is O=C1Nc2ccc(F)c(F)c2C1c1ncnc2nn(C3CCCC3)cc12. The monoisotopic (exact) mass is 355 g/mol. The molecule has 1 atom stereocenters. The van der Waals surface area contributed by atoms with E-state index in [9.17, 15) is 13.6 Å². The second kappa shape index (κ2) is 5.55. The van der Waals surface area contributed by atoms with Crippen molar-refractivity contribution in [2.75, 3.05) is 5.32 Å². The van der Waals surface area contributed by atoms with E-state index < -0.39 is 23.5 Å². The third-order valence-corrected chi connectivity index (χ3v) is 5.28. The molecule has 1 saturated carbocycles. The van der Waals surface area contributed by atoms with E-state index in [4.69, 9.17) is 0 Å². The van der Waals surface area contributed by atoms with Crippen molar-refractivity contribution >= 4 is 22.6 Å². The van der Waals surface area contributed by atoms with Gasteiger partial charge in [-0.15, -0.1) is 0 Å². The number of hydrogen-bond donors (Lipinski definition) is 1. The highest BCUT2D eigenvalue weighted by molar-refractivity contribution is 6.06. The molecule has 6 nitrogen and oxygen atoms in total.